The van der Waals surface area contributed by atoms with Crippen LogP contribution in [0.3, 0.4) is 0 Å². The smallest absolute Gasteiger partial charge is 0.122 e. The van der Waals surface area contributed by atoms with E-state index in [1.807, 2.05) is 60.7 Å². The Labute approximate surface area is 124 Å². The summed E-state index contributed by atoms with van der Waals surface area (Å²) in [7, 11) is 0. The second-order valence-electron chi connectivity index (χ2n) is 4.85. The lowest BCUT2D eigenvalue weighted by Crippen LogP contribution is -2.25. The first kappa shape index (κ1) is 13.2. The zero-order chi connectivity index (χ0) is 14.5. The summed E-state index contributed by atoms with van der Waals surface area (Å²) >= 11 is 0. The lowest BCUT2D eigenvalue weighted by atomic mass is 10.1. The molecule has 2 aromatic rings. The van der Waals surface area contributed by atoms with E-state index in [1.54, 1.807) is 6.08 Å². The topological polar surface area (TPSA) is 20.2 Å². The van der Waals surface area contributed by atoms with Gasteiger partial charge < -0.3 is 5.11 Å². The lowest BCUT2D eigenvalue weighted by molar-refractivity contribution is 0.512. The van der Waals surface area contributed by atoms with Crippen LogP contribution in [0.2, 0.25) is 0 Å². The van der Waals surface area contributed by atoms with Crippen molar-refractivity contribution in [1.82, 2.24) is 0 Å². The van der Waals surface area contributed by atoms with Gasteiger partial charge in [-0.25, -0.2) is 0 Å². The molecule has 0 aliphatic heterocycles. The Kier molecular flexibility index (Phi) is 3.83. The van der Waals surface area contributed by atoms with Crippen molar-refractivity contribution < 1.29 is 5.11 Å². The van der Waals surface area contributed by atoms with Gasteiger partial charge in [-0.05, 0) is 22.1 Å². The van der Waals surface area contributed by atoms with Crippen LogP contribution in [-0.4, -0.2) is 5.11 Å². The van der Waals surface area contributed by atoms with E-state index in [4.69, 9.17) is 0 Å². The molecule has 0 fully saturated rings. The Morgan fingerprint density at radius 3 is 2.24 bits per heavy atom. The van der Waals surface area contributed by atoms with E-state index in [1.165, 1.54) is 10.8 Å². The van der Waals surface area contributed by atoms with Crippen molar-refractivity contribution in [3.63, 3.8) is 0 Å². The van der Waals surface area contributed by atoms with Gasteiger partial charge in [-0.2, -0.15) is 0 Å². The Morgan fingerprint density at radius 1 is 0.810 bits per heavy atom. The van der Waals surface area contributed by atoms with Gasteiger partial charge in [0, 0.05) is 5.56 Å². The van der Waals surface area contributed by atoms with Gasteiger partial charge in [0.2, 0.25) is 0 Å². The second kappa shape index (κ2) is 6.10. The molecule has 0 bridgehead atoms. The van der Waals surface area contributed by atoms with Gasteiger partial charge in [0.25, 0.3) is 0 Å². The van der Waals surface area contributed by atoms with Crippen molar-refractivity contribution in [1.29, 1.82) is 0 Å². The quantitative estimate of drug-likeness (QED) is 0.831. The molecule has 0 unspecified atom stereocenters. The van der Waals surface area contributed by atoms with Crippen molar-refractivity contribution in [2.75, 3.05) is 0 Å². The summed E-state index contributed by atoms with van der Waals surface area (Å²) in [6.45, 7) is 0. The van der Waals surface area contributed by atoms with Crippen molar-refractivity contribution in [2.24, 2.45) is 0 Å². The van der Waals surface area contributed by atoms with Gasteiger partial charge in [0.05, 0.1) is 0 Å². The predicted molar refractivity (Wildman–Crippen MR) is 88.9 cm³/mol. The molecular weight excluding hydrogens is 256 g/mol. The van der Waals surface area contributed by atoms with E-state index >= 15 is 0 Å². The number of benzene rings is 2. The van der Waals surface area contributed by atoms with E-state index < -0.39 is 0 Å². The maximum Gasteiger partial charge on any atom is 0.122 e. The largest absolute Gasteiger partial charge is 0.507 e. The summed E-state index contributed by atoms with van der Waals surface area (Å²) in [6.07, 6.45) is 11.9. The normalized spacial score (nSPS) is 15.0. The van der Waals surface area contributed by atoms with Crippen LogP contribution < -0.4 is 10.4 Å². The van der Waals surface area contributed by atoms with Gasteiger partial charge in [0.1, 0.15) is 5.76 Å². The number of allylic oxidation sites excluding steroid dienone is 5. The minimum atomic E-state index is 0.271. The molecule has 1 aliphatic rings. The van der Waals surface area contributed by atoms with E-state index in [0.717, 1.165) is 10.8 Å². The van der Waals surface area contributed by atoms with Crippen LogP contribution in [0.1, 0.15) is 5.56 Å². The Bertz CT molecular complexity index is 823. The highest BCUT2D eigenvalue weighted by atomic mass is 16.3. The molecule has 102 valence electrons. The Balaban J connectivity index is 2.08. The maximum absolute atomic E-state index is 10.1. The highest BCUT2D eigenvalue weighted by Crippen LogP contribution is 2.10. The molecule has 0 saturated heterocycles. The Hall–Kier alpha value is -2.80. The highest BCUT2D eigenvalue weighted by Gasteiger charge is 1.96. The SMILES string of the molecule is OC(=CC=c1ccccc1=C1C=CC=C1)c1ccccc1. The predicted octanol–water partition coefficient (Wildman–Crippen LogP) is 3.34. The Morgan fingerprint density at radius 2 is 1.48 bits per heavy atom. The molecule has 1 N–H and O–H groups in total. The second-order valence-corrected chi connectivity index (χ2v) is 4.85. The van der Waals surface area contributed by atoms with Crippen LogP contribution in [-0.2, 0) is 0 Å². The van der Waals surface area contributed by atoms with Crippen LogP contribution in [0.25, 0.3) is 17.4 Å². The van der Waals surface area contributed by atoms with Gasteiger partial charge in [-0.1, -0.05) is 85.0 Å². The molecule has 0 atom stereocenters. The third-order valence-electron chi connectivity index (χ3n) is 3.42. The molecule has 0 heterocycles. The van der Waals surface area contributed by atoms with E-state index in [-0.39, 0.29) is 5.76 Å². The van der Waals surface area contributed by atoms with E-state index in [2.05, 4.69) is 24.3 Å². The summed E-state index contributed by atoms with van der Waals surface area (Å²) in [5.41, 5.74) is 2.01. The van der Waals surface area contributed by atoms with Crippen molar-refractivity contribution in [3.8, 4) is 0 Å². The summed E-state index contributed by atoms with van der Waals surface area (Å²) in [6, 6.07) is 17.7. The molecule has 0 spiro atoms. The van der Waals surface area contributed by atoms with Crippen molar-refractivity contribution >= 4 is 17.4 Å². The minimum Gasteiger partial charge on any atom is -0.507 e. The molecule has 1 aliphatic carbocycles. The fraction of sp³-hybridized carbons (Fsp3) is 0. The summed E-state index contributed by atoms with van der Waals surface area (Å²) in [5.74, 6) is 0.271. The first-order valence-electron chi connectivity index (χ1n) is 6.95. The highest BCUT2D eigenvalue weighted by molar-refractivity contribution is 5.72. The van der Waals surface area contributed by atoms with Crippen LogP contribution in [0.4, 0.5) is 0 Å². The van der Waals surface area contributed by atoms with E-state index in [0.29, 0.717) is 0 Å². The van der Waals surface area contributed by atoms with Gasteiger partial charge in [0.15, 0.2) is 0 Å². The fourth-order valence-electron chi connectivity index (χ4n) is 2.33. The van der Waals surface area contributed by atoms with Crippen LogP contribution >= 0.6 is 0 Å². The average Bonchev–Trinajstić information content (AvgIpc) is 3.08. The van der Waals surface area contributed by atoms with Crippen LogP contribution in [0, 0.1) is 0 Å². The maximum atomic E-state index is 10.1. The van der Waals surface area contributed by atoms with Gasteiger partial charge >= 0.3 is 0 Å². The van der Waals surface area contributed by atoms with Gasteiger partial charge in [-0.3, -0.25) is 0 Å². The average molecular weight is 272 g/mol. The lowest BCUT2D eigenvalue weighted by Gasteiger charge is -1.98. The molecule has 0 aromatic heterocycles. The molecule has 0 saturated carbocycles. The molecule has 1 nitrogen and oxygen atoms in total. The van der Waals surface area contributed by atoms with Gasteiger partial charge in [-0.15, -0.1) is 0 Å². The molecule has 21 heavy (non-hydrogen) atoms. The van der Waals surface area contributed by atoms with Crippen LogP contribution in [0.15, 0.2) is 85.0 Å². The molecule has 3 rings (SSSR count). The first-order chi connectivity index (χ1) is 10.3. The number of rotatable bonds is 2. The summed E-state index contributed by atoms with van der Waals surface area (Å²) in [4.78, 5) is 0. The summed E-state index contributed by atoms with van der Waals surface area (Å²) < 4.78 is 0. The van der Waals surface area contributed by atoms with Crippen molar-refractivity contribution in [2.45, 2.75) is 0 Å². The molecule has 1 heteroatoms. The summed E-state index contributed by atoms with van der Waals surface area (Å²) in [5, 5.41) is 12.4. The monoisotopic (exact) mass is 272 g/mol. The zero-order valence-electron chi connectivity index (χ0n) is 11.6. The molecule has 2 aromatic carbocycles. The number of aliphatic hydroxyl groups is 1. The molecular formula is C20H16O. The van der Waals surface area contributed by atoms with E-state index in [9.17, 15) is 5.11 Å². The first-order valence-corrected chi connectivity index (χ1v) is 6.95. The number of hydrogen-bond acceptors (Lipinski definition) is 1. The number of hydrogen-bond donors (Lipinski definition) is 1. The standard InChI is InChI=1S/C20H16O/c21-20(18-11-2-1-3-12-18)15-14-17-10-6-7-13-19(17)16-8-4-5-9-16/h1-15,21H. The zero-order valence-corrected chi connectivity index (χ0v) is 11.6. The number of aliphatic hydroxyl groups excluding tert-OH is 1. The minimum absolute atomic E-state index is 0.271. The molecule has 0 amide bonds. The van der Waals surface area contributed by atoms with Crippen LogP contribution in [0.5, 0.6) is 0 Å². The molecule has 0 radical (unpaired) electrons. The fourth-order valence-corrected chi connectivity index (χ4v) is 2.33. The third kappa shape index (κ3) is 3.03. The van der Waals surface area contributed by atoms with Crippen molar-refractivity contribution in [3.05, 3.63) is 101 Å². The third-order valence-corrected chi connectivity index (χ3v) is 3.42.